The molecule has 0 saturated carbocycles. The van der Waals surface area contributed by atoms with E-state index in [2.05, 4.69) is 20.1 Å². The average molecular weight is 365 g/mol. The Kier molecular flexibility index (Phi) is 4.77. The average Bonchev–Trinajstić information content (AvgIpc) is 3.13. The molecule has 0 bridgehead atoms. The van der Waals surface area contributed by atoms with Crippen LogP contribution in [0.1, 0.15) is 12.8 Å². The second kappa shape index (κ2) is 6.98. The Labute approximate surface area is 146 Å². The van der Waals surface area contributed by atoms with E-state index in [0.717, 1.165) is 11.3 Å². The Morgan fingerprint density at radius 3 is 2.75 bits per heavy atom. The van der Waals surface area contributed by atoms with Crippen molar-refractivity contribution < 1.29 is 14.3 Å². The van der Waals surface area contributed by atoms with Gasteiger partial charge in [0.1, 0.15) is 0 Å². The molecule has 0 aliphatic rings. The van der Waals surface area contributed by atoms with E-state index in [1.807, 2.05) is 17.5 Å². The lowest BCUT2D eigenvalue weighted by Gasteiger charge is -2.00. The molecule has 1 amide bonds. The fraction of sp³-hybridized carbons (Fsp3) is 0.200. The molecule has 1 N–H and O–H groups in total. The van der Waals surface area contributed by atoms with Crippen LogP contribution in [0.25, 0.3) is 16.2 Å². The maximum Gasteiger partial charge on any atom is 0.306 e. The van der Waals surface area contributed by atoms with Crippen LogP contribution < -0.4 is 5.32 Å². The van der Waals surface area contributed by atoms with Crippen LogP contribution in [-0.4, -0.2) is 33.6 Å². The number of aromatic nitrogens is 3. The second-order valence-corrected chi connectivity index (χ2v) is 6.15. The molecule has 9 heteroatoms. The zero-order valence-corrected chi connectivity index (χ0v) is 14.2. The molecule has 124 valence electrons. The van der Waals surface area contributed by atoms with Gasteiger partial charge in [-0.1, -0.05) is 23.7 Å². The van der Waals surface area contributed by atoms with Gasteiger partial charge >= 0.3 is 5.97 Å². The van der Waals surface area contributed by atoms with Crippen molar-refractivity contribution in [2.24, 2.45) is 0 Å². The zero-order valence-electron chi connectivity index (χ0n) is 12.7. The molecule has 2 aromatic heterocycles. The first-order valence-corrected chi connectivity index (χ1v) is 8.29. The van der Waals surface area contributed by atoms with Gasteiger partial charge in [-0.05, 0) is 12.1 Å². The van der Waals surface area contributed by atoms with E-state index in [0.29, 0.717) is 9.98 Å². The molecule has 2 heterocycles. The Balaban J connectivity index is 1.76. The molecule has 3 rings (SSSR count). The minimum Gasteiger partial charge on any atom is -0.469 e. The number of hydrogen-bond acceptors (Lipinski definition) is 6. The van der Waals surface area contributed by atoms with E-state index in [-0.39, 0.29) is 24.7 Å². The summed E-state index contributed by atoms with van der Waals surface area (Å²) in [5, 5.41) is 9.46. The number of anilines is 1. The molecule has 0 aliphatic heterocycles. The van der Waals surface area contributed by atoms with Gasteiger partial charge in [-0.2, -0.15) is 4.98 Å². The third-order valence-electron chi connectivity index (χ3n) is 3.26. The first-order valence-electron chi connectivity index (χ1n) is 7.03. The minimum atomic E-state index is -0.436. The van der Waals surface area contributed by atoms with Crippen molar-refractivity contribution in [1.82, 2.24) is 14.6 Å². The third-order valence-corrected chi connectivity index (χ3v) is 4.32. The first kappa shape index (κ1) is 16.4. The highest BCUT2D eigenvalue weighted by molar-refractivity contribution is 7.15. The van der Waals surface area contributed by atoms with Crippen LogP contribution in [0.15, 0.2) is 29.6 Å². The first-order chi connectivity index (χ1) is 11.6. The standard InChI is InChI=1S/C15H13ClN4O3S/c1-23-13(22)7-6-12(21)17-14-18-15-20(19-14)11(8-24-15)9-2-4-10(16)5-3-9/h2-5,8H,6-7H2,1H3,(H,17,19,21). The fourth-order valence-electron chi connectivity index (χ4n) is 2.06. The molecule has 1 aromatic carbocycles. The summed E-state index contributed by atoms with van der Waals surface area (Å²) >= 11 is 7.32. The van der Waals surface area contributed by atoms with Gasteiger partial charge in [0.05, 0.1) is 19.2 Å². The normalized spacial score (nSPS) is 10.8. The molecule has 7 nitrogen and oxygen atoms in total. The van der Waals surface area contributed by atoms with Crippen LogP contribution in [0.3, 0.4) is 0 Å². The SMILES string of the molecule is COC(=O)CCC(=O)Nc1nc2scc(-c3ccc(Cl)cc3)n2n1. The molecule has 24 heavy (non-hydrogen) atoms. The molecule has 0 radical (unpaired) electrons. The lowest BCUT2D eigenvalue weighted by molar-refractivity contribution is -0.141. The monoisotopic (exact) mass is 364 g/mol. The van der Waals surface area contributed by atoms with E-state index in [1.165, 1.54) is 18.4 Å². The smallest absolute Gasteiger partial charge is 0.306 e. The fourth-order valence-corrected chi connectivity index (χ4v) is 3.02. The third kappa shape index (κ3) is 3.55. The number of nitrogens with one attached hydrogen (secondary N) is 1. The second-order valence-electron chi connectivity index (χ2n) is 4.88. The number of ether oxygens (including phenoxy) is 1. The maximum atomic E-state index is 11.8. The van der Waals surface area contributed by atoms with E-state index in [4.69, 9.17) is 11.6 Å². The van der Waals surface area contributed by atoms with Crippen molar-refractivity contribution in [3.05, 3.63) is 34.7 Å². The van der Waals surface area contributed by atoms with Crippen LogP contribution in [0.4, 0.5) is 5.95 Å². The number of halogens is 1. The molecule has 0 aliphatic carbocycles. The van der Waals surface area contributed by atoms with E-state index >= 15 is 0 Å². The number of carbonyl (C=O) groups is 2. The number of nitrogens with zero attached hydrogens (tertiary/aromatic N) is 3. The Hall–Kier alpha value is -2.45. The van der Waals surface area contributed by atoms with Crippen molar-refractivity contribution in [2.45, 2.75) is 12.8 Å². The lowest BCUT2D eigenvalue weighted by atomic mass is 10.2. The largest absolute Gasteiger partial charge is 0.469 e. The summed E-state index contributed by atoms with van der Waals surface area (Å²) in [4.78, 5) is 27.8. The number of carbonyl (C=O) groups excluding carboxylic acids is 2. The van der Waals surface area contributed by atoms with Crippen molar-refractivity contribution >= 4 is 45.7 Å². The van der Waals surface area contributed by atoms with Crippen LogP contribution in [0.5, 0.6) is 0 Å². The molecule has 0 spiro atoms. The summed E-state index contributed by atoms with van der Waals surface area (Å²) in [5.74, 6) is -0.576. The molecule has 0 fully saturated rings. The van der Waals surface area contributed by atoms with Crippen molar-refractivity contribution in [1.29, 1.82) is 0 Å². The molecule has 3 aromatic rings. The van der Waals surface area contributed by atoms with Crippen molar-refractivity contribution in [2.75, 3.05) is 12.4 Å². The number of amides is 1. The molecule has 0 unspecified atom stereocenters. The Bertz CT molecular complexity index is 888. The lowest BCUT2D eigenvalue weighted by Crippen LogP contribution is -2.14. The van der Waals surface area contributed by atoms with Gasteiger partial charge in [-0.15, -0.1) is 16.4 Å². The summed E-state index contributed by atoms with van der Waals surface area (Å²) in [5.41, 5.74) is 1.80. The molecular weight excluding hydrogens is 352 g/mol. The van der Waals surface area contributed by atoms with Gasteiger partial charge in [0.15, 0.2) is 0 Å². The van der Waals surface area contributed by atoms with Gasteiger partial charge in [0.25, 0.3) is 0 Å². The highest BCUT2D eigenvalue weighted by Gasteiger charge is 2.14. The quantitative estimate of drug-likeness (QED) is 0.703. The van der Waals surface area contributed by atoms with Gasteiger partial charge in [0.2, 0.25) is 16.8 Å². The topological polar surface area (TPSA) is 85.6 Å². The Morgan fingerprint density at radius 1 is 1.29 bits per heavy atom. The Morgan fingerprint density at radius 2 is 2.04 bits per heavy atom. The van der Waals surface area contributed by atoms with E-state index < -0.39 is 5.97 Å². The number of fused-ring (bicyclic) bond motifs is 1. The van der Waals surface area contributed by atoms with E-state index in [9.17, 15) is 9.59 Å². The molecule has 0 saturated heterocycles. The predicted molar refractivity (Wildman–Crippen MR) is 91.2 cm³/mol. The summed E-state index contributed by atoms with van der Waals surface area (Å²) in [6.07, 6.45) is 0.0319. The number of methoxy groups -OCH3 is 1. The zero-order chi connectivity index (χ0) is 17.1. The summed E-state index contributed by atoms with van der Waals surface area (Å²) in [6.45, 7) is 0. The maximum absolute atomic E-state index is 11.8. The van der Waals surface area contributed by atoms with Crippen molar-refractivity contribution in [3.8, 4) is 11.3 Å². The predicted octanol–water partition coefficient (Wildman–Crippen LogP) is 3.00. The summed E-state index contributed by atoms with van der Waals surface area (Å²) in [6, 6.07) is 7.37. The van der Waals surface area contributed by atoms with E-state index in [1.54, 1.807) is 16.6 Å². The highest BCUT2D eigenvalue weighted by atomic mass is 35.5. The number of rotatable bonds is 5. The molecular formula is C15H13ClN4O3S. The minimum absolute atomic E-state index is 0.0145. The van der Waals surface area contributed by atoms with Crippen LogP contribution >= 0.6 is 22.9 Å². The van der Waals surface area contributed by atoms with Gasteiger partial charge in [-0.3, -0.25) is 14.9 Å². The van der Waals surface area contributed by atoms with Gasteiger partial charge in [-0.25, -0.2) is 4.52 Å². The van der Waals surface area contributed by atoms with Crippen LogP contribution in [-0.2, 0) is 14.3 Å². The van der Waals surface area contributed by atoms with Gasteiger partial charge < -0.3 is 4.74 Å². The number of thiazole rings is 1. The summed E-state index contributed by atoms with van der Waals surface area (Å²) in [7, 11) is 1.28. The van der Waals surface area contributed by atoms with Crippen molar-refractivity contribution in [3.63, 3.8) is 0 Å². The number of benzene rings is 1. The van der Waals surface area contributed by atoms with Crippen LogP contribution in [0, 0.1) is 0 Å². The number of hydrogen-bond donors (Lipinski definition) is 1. The highest BCUT2D eigenvalue weighted by Crippen LogP contribution is 2.26. The summed E-state index contributed by atoms with van der Waals surface area (Å²) < 4.78 is 6.15. The molecule has 0 atom stereocenters. The van der Waals surface area contributed by atoms with Gasteiger partial charge in [0, 0.05) is 22.4 Å². The van der Waals surface area contributed by atoms with Crippen LogP contribution in [0.2, 0.25) is 5.02 Å². The number of esters is 1.